The summed E-state index contributed by atoms with van der Waals surface area (Å²) < 4.78 is 0. The van der Waals surface area contributed by atoms with E-state index in [4.69, 9.17) is 25.5 Å². The van der Waals surface area contributed by atoms with Crippen LogP contribution < -0.4 is 0 Å². The summed E-state index contributed by atoms with van der Waals surface area (Å²) in [5.74, 6) is -2.63. The number of Topliss-reactive ketones (excluding diaryl/α,β-unsaturated/α-hetero) is 1. The van der Waals surface area contributed by atoms with Gasteiger partial charge in [0.25, 0.3) is 0 Å². The van der Waals surface area contributed by atoms with Gasteiger partial charge in [0, 0.05) is 0 Å². The third-order valence-corrected chi connectivity index (χ3v) is 1.54. The molecule has 5 N–H and O–H groups in total. The minimum atomic E-state index is -1.98. The molecule has 82 valence electrons. The zero-order valence-electron chi connectivity index (χ0n) is 7.20. The van der Waals surface area contributed by atoms with E-state index in [0.29, 0.717) is 0 Å². The first kappa shape index (κ1) is 13.0. The maximum atomic E-state index is 10.9. The van der Waals surface area contributed by atoms with Gasteiger partial charge in [0.2, 0.25) is 0 Å². The van der Waals surface area contributed by atoms with E-state index in [1.807, 2.05) is 0 Å². The number of hydrogen-bond acceptors (Lipinski definition) is 6. The lowest BCUT2D eigenvalue weighted by molar-refractivity contribution is -0.150. The van der Waals surface area contributed by atoms with Crippen LogP contribution in [0.3, 0.4) is 0 Å². The molecule has 0 spiro atoms. The molecule has 0 fully saturated rings. The van der Waals surface area contributed by atoms with Crippen molar-refractivity contribution in [3.63, 3.8) is 0 Å². The van der Waals surface area contributed by atoms with Gasteiger partial charge in [-0.2, -0.15) is 0 Å². The normalized spacial score (nSPS) is 17.1. The van der Waals surface area contributed by atoms with Gasteiger partial charge in [-0.15, -0.1) is 0 Å². The molecule has 0 rings (SSSR count). The number of carboxylic acids is 1. The highest BCUT2D eigenvalue weighted by Crippen LogP contribution is 2.02. The molecule has 0 heterocycles. The molecule has 0 aromatic rings. The lowest BCUT2D eigenvalue weighted by Gasteiger charge is -2.16. The van der Waals surface area contributed by atoms with E-state index >= 15 is 0 Å². The van der Waals surface area contributed by atoms with Crippen molar-refractivity contribution >= 4 is 11.8 Å². The van der Waals surface area contributed by atoms with Crippen LogP contribution in [-0.2, 0) is 9.59 Å². The van der Waals surface area contributed by atoms with E-state index in [0.717, 1.165) is 0 Å². The van der Waals surface area contributed by atoms with Gasteiger partial charge in [0.1, 0.15) is 18.3 Å². The summed E-state index contributed by atoms with van der Waals surface area (Å²) in [4.78, 5) is 21.0. The smallest absolute Gasteiger partial charge is 0.306 e. The lowest BCUT2D eigenvalue weighted by Crippen LogP contribution is -2.42. The molecule has 0 radical (unpaired) electrons. The average Bonchev–Trinajstić information content (AvgIpc) is 2.13. The van der Waals surface area contributed by atoms with Crippen molar-refractivity contribution in [2.45, 2.75) is 24.7 Å². The maximum absolute atomic E-state index is 10.9. The number of aliphatic hydroxyl groups is 4. The zero-order chi connectivity index (χ0) is 11.3. The minimum absolute atomic E-state index is 0.853. The number of aliphatic carboxylic acids is 1. The molecule has 0 aliphatic rings. The van der Waals surface area contributed by atoms with Crippen LogP contribution in [0.2, 0.25) is 0 Å². The molecule has 0 aromatic carbocycles. The number of aliphatic hydroxyl groups excluding tert-OH is 4. The highest BCUT2D eigenvalue weighted by atomic mass is 16.4. The number of rotatable bonds is 6. The van der Waals surface area contributed by atoms with Gasteiger partial charge in [-0.3, -0.25) is 9.59 Å². The first-order chi connectivity index (χ1) is 6.40. The summed E-state index contributed by atoms with van der Waals surface area (Å²) in [7, 11) is 0. The molecule has 1 unspecified atom stereocenters. The molecular weight excluding hydrogens is 196 g/mol. The molecular formula is C7H12O7. The quantitative estimate of drug-likeness (QED) is 0.316. The average molecular weight is 208 g/mol. The second kappa shape index (κ2) is 5.66. The summed E-state index contributed by atoms with van der Waals surface area (Å²) in [6, 6.07) is 0. The van der Waals surface area contributed by atoms with Gasteiger partial charge < -0.3 is 25.5 Å². The summed E-state index contributed by atoms with van der Waals surface area (Å²) in [6.07, 6.45) is -6.43. The predicted octanol–water partition coefficient (Wildman–Crippen LogP) is -2.89. The van der Waals surface area contributed by atoms with Crippen molar-refractivity contribution in [2.24, 2.45) is 0 Å². The highest BCUT2D eigenvalue weighted by molar-refractivity contribution is 5.90. The Morgan fingerprint density at radius 2 is 1.64 bits per heavy atom. The summed E-state index contributed by atoms with van der Waals surface area (Å²) >= 11 is 0. The second-order valence-electron chi connectivity index (χ2n) is 2.71. The number of carbonyl (C=O) groups is 2. The van der Waals surface area contributed by atoms with Crippen LogP contribution in [0.1, 0.15) is 6.42 Å². The van der Waals surface area contributed by atoms with Crippen molar-refractivity contribution in [3.05, 3.63) is 0 Å². The Hall–Kier alpha value is -1.02. The summed E-state index contributed by atoms with van der Waals surface area (Å²) in [5, 5.41) is 43.2. The first-order valence-electron chi connectivity index (χ1n) is 3.80. The molecule has 0 aliphatic heterocycles. The molecule has 3 atom stereocenters. The fourth-order valence-electron chi connectivity index (χ4n) is 0.753. The van der Waals surface area contributed by atoms with Gasteiger partial charge in [-0.05, 0) is 0 Å². The van der Waals surface area contributed by atoms with Crippen LogP contribution in [0.15, 0.2) is 0 Å². The van der Waals surface area contributed by atoms with E-state index in [9.17, 15) is 9.59 Å². The van der Waals surface area contributed by atoms with E-state index in [-0.39, 0.29) is 0 Å². The van der Waals surface area contributed by atoms with Crippen LogP contribution in [0.25, 0.3) is 0 Å². The number of hydrogen-bond donors (Lipinski definition) is 5. The first-order valence-corrected chi connectivity index (χ1v) is 3.80. The van der Waals surface area contributed by atoms with Crippen molar-refractivity contribution in [2.75, 3.05) is 6.61 Å². The molecule has 0 bridgehead atoms. The third kappa shape index (κ3) is 3.79. The predicted molar refractivity (Wildman–Crippen MR) is 42.4 cm³/mol. The summed E-state index contributed by atoms with van der Waals surface area (Å²) in [5.41, 5.74) is 0. The van der Waals surface area contributed by atoms with Gasteiger partial charge in [0.15, 0.2) is 5.78 Å². The largest absolute Gasteiger partial charge is 0.481 e. The number of carboxylic acid groups (broad SMARTS) is 1. The number of carbonyl (C=O) groups excluding carboxylic acids is 1. The van der Waals surface area contributed by atoms with Crippen LogP contribution in [0.4, 0.5) is 0 Å². The van der Waals surface area contributed by atoms with Crippen LogP contribution >= 0.6 is 0 Å². The molecule has 0 saturated heterocycles. The zero-order valence-corrected chi connectivity index (χ0v) is 7.20. The molecule has 0 saturated carbocycles. The standard InChI is InChI=1S/C7H12O7/c8-2-4(10)7(14)6(13)3(9)1-5(11)12/h3-4,7-10,14H,1-2H2,(H,11,12)/t3?,4-,7+/m1/s1. The molecule has 14 heavy (non-hydrogen) atoms. The molecule has 0 amide bonds. The number of ketones is 1. The molecule has 0 aromatic heterocycles. The second-order valence-corrected chi connectivity index (χ2v) is 2.71. The van der Waals surface area contributed by atoms with E-state index < -0.39 is 43.1 Å². The SMILES string of the molecule is O=C(O)CC(O)C(=O)[C@@H](O)[C@H](O)CO. The maximum Gasteiger partial charge on any atom is 0.306 e. The highest BCUT2D eigenvalue weighted by Gasteiger charge is 2.30. The van der Waals surface area contributed by atoms with Crippen LogP contribution in [-0.4, -0.2) is 62.2 Å². The van der Waals surface area contributed by atoms with Gasteiger partial charge in [0.05, 0.1) is 13.0 Å². The Balaban J connectivity index is 4.23. The van der Waals surface area contributed by atoms with Crippen molar-refractivity contribution in [1.29, 1.82) is 0 Å². The van der Waals surface area contributed by atoms with Gasteiger partial charge in [-0.25, -0.2) is 0 Å². The fourth-order valence-corrected chi connectivity index (χ4v) is 0.753. The Labute approximate surface area is 79.2 Å². The fraction of sp³-hybridized carbons (Fsp3) is 0.714. The topological polar surface area (TPSA) is 135 Å². The monoisotopic (exact) mass is 208 g/mol. The lowest BCUT2D eigenvalue weighted by atomic mass is 10.0. The van der Waals surface area contributed by atoms with Gasteiger partial charge in [-0.1, -0.05) is 0 Å². The van der Waals surface area contributed by atoms with Crippen LogP contribution in [0, 0.1) is 0 Å². The Bertz CT molecular complexity index is 214. The van der Waals surface area contributed by atoms with Crippen molar-refractivity contribution in [3.8, 4) is 0 Å². The van der Waals surface area contributed by atoms with Crippen molar-refractivity contribution in [1.82, 2.24) is 0 Å². The van der Waals surface area contributed by atoms with Crippen molar-refractivity contribution < 1.29 is 35.1 Å². The molecule has 7 nitrogen and oxygen atoms in total. The summed E-state index contributed by atoms with van der Waals surface area (Å²) in [6.45, 7) is -0.854. The minimum Gasteiger partial charge on any atom is -0.481 e. The van der Waals surface area contributed by atoms with E-state index in [2.05, 4.69) is 0 Å². The van der Waals surface area contributed by atoms with Gasteiger partial charge >= 0.3 is 5.97 Å². The van der Waals surface area contributed by atoms with Crippen LogP contribution in [0.5, 0.6) is 0 Å². The molecule has 0 aliphatic carbocycles. The molecule has 7 heteroatoms. The third-order valence-electron chi connectivity index (χ3n) is 1.54. The Morgan fingerprint density at radius 3 is 2.00 bits per heavy atom. The Morgan fingerprint density at radius 1 is 1.14 bits per heavy atom. The van der Waals surface area contributed by atoms with E-state index in [1.165, 1.54) is 0 Å². The van der Waals surface area contributed by atoms with E-state index in [1.54, 1.807) is 0 Å². The Kier molecular flexibility index (Phi) is 5.24.